The predicted octanol–water partition coefficient (Wildman–Crippen LogP) is 3.22. The van der Waals surface area contributed by atoms with Crippen LogP contribution in [0.1, 0.15) is 11.3 Å². The number of aromatic nitrogens is 2. The first-order valence-electron chi connectivity index (χ1n) is 5.66. The second kappa shape index (κ2) is 4.34. The smallest absolute Gasteiger partial charge is 0.0890 e. The van der Waals surface area contributed by atoms with Gasteiger partial charge < -0.3 is 0 Å². The van der Waals surface area contributed by atoms with E-state index in [-0.39, 0.29) is 0 Å². The lowest BCUT2D eigenvalue weighted by Crippen LogP contribution is -1.93. The molecule has 0 atom stereocenters. The van der Waals surface area contributed by atoms with Gasteiger partial charge in [0.25, 0.3) is 0 Å². The van der Waals surface area contributed by atoms with Gasteiger partial charge in [-0.15, -0.1) is 0 Å². The van der Waals surface area contributed by atoms with E-state index in [1.54, 1.807) is 6.20 Å². The molecule has 0 aliphatic heterocycles. The first-order chi connectivity index (χ1) is 8.42. The predicted molar refractivity (Wildman–Crippen MR) is 68.8 cm³/mol. The molecular formula is C15H12N2. The first-order valence-corrected chi connectivity index (χ1v) is 5.66. The molecule has 3 rings (SSSR count). The molecule has 0 saturated heterocycles. The van der Waals surface area contributed by atoms with Gasteiger partial charge in [-0.1, -0.05) is 30.3 Å². The van der Waals surface area contributed by atoms with Gasteiger partial charge in [-0.2, -0.15) is 0 Å². The number of hydrogen-bond donors (Lipinski definition) is 0. The number of pyridine rings is 2. The molecule has 2 heterocycles. The summed E-state index contributed by atoms with van der Waals surface area (Å²) < 4.78 is 0. The minimum Gasteiger partial charge on any atom is -0.255 e. The van der Waals surface area contributed by atoms with Crippen molar-refractivity contribution in [2.45, 2.75) is 6.42 Å². The van der Waals surface area contributed by atoms with Gasteiger partial charge in [0.2, 0.25) is 0 Å². The number of rotatable bonds is 2. The lowest BCUT2D eigenvalue weighted by atomic mass is 10.1. The average molecular weight is 220 g/mol. The van der Waals surface area contributed by atoms with Crippen molar-refractivity contribution in [3.05, 3.63) is 72.1 Å². The summed E-state index contributed by atoms with van der Waals surface area (Å²) in [5, 5.41) is 0. The lowest BCUT2D eigenvalue weighted by Gasteiger charge is -2.02. The zero-order valence-electron chi connectivity index (χ0n) is 9.38. The van der Waals surface area contributed by atoms with Gasteiger partial charge >= 0.3 is 0 Å². The first kappa shape index (κ1) is 9.97. The molecule has 17 heavy (non-hydrogen) atoms. The Balaban J connectivity index is 1.96. The minimum atomic E-state index is 0.867. The van der Waals surface area contributed by atoms with Gasteiger partial charge in [-0.25, -0.2) is 0 Å². The Morgan fingerprint density at radius 1 is 0.765 bits per heavy atom. The zero-order valence-corrected chi connectivity index (χ0v) is 9.38. The molecule has 0 amide bonds. The molecule has 3 aromatic rings. The lowest BCUT2D eigenvalue weighted by molar-refractivity contribution is 1.10. The van der Waals surface area contributed by atoms with Gasteiger partial charge in [0, 0.05) is 18.3 Å². The third kappa shape index (κ3) is 2.16. The van der Waals surface area contributed by atoms with E-state index in [2.05, 4.69) is 34.2 Å². The van der Waals surface area contributed by atoms with Crippen LogP contribution in [-0.2, 0) is 6.42 Å². The van der Waals surface area contributed by atoms with Crippen molar-refractivity contribution in [3.63, 3.8) is 0 Å². The van der Waals surface area contributed by atoms with Crippen LogP contribution in [0.3, 0.4) is 0 Å². The summed E-state index contributed by atoms with van der Waals surface area (Å²) in [4.78, 5) is 8.87. The summed E-state index contributed by atoms with van der Waals surface area (Å²) in [5.74, 6) is 0. The molecule has 0 radical (unpaired) electrons. The van der Waals surface area contributed by atoms with Crippen LogP contribution in [0, 0.1) is 0 Å². The van der Waals surface area contributed by atoms with Gasteiger partial charge in [0.15, 0.2) is 0 Å². The maximum atomic E-state index is 4.61. The van der Waals surface area contributed by atoms with Crippen LogP contribution in [0.4, 0.5) is 0 Å². The molecular weight excluding hydrogens is 208 g/mol. The SMILES string of the molecule is c1ccc(Cc2ccc3ncccc3n2)cc1. The van der Waals surface area contributed by atoms with E-state index >= 15 is 0 Å². The summed E-state index contributed by atoms with van der Waals surface area (Å²) in [6.45, 7) is 0. The van der Waals surface area contributed by atoms with Gasteiger partial charge in [-0.3, -0.25) is 9.97 Å². The summed E-state index contributed by atoms with van der Waals surface area (Å²) in [6.07, 6.45) is 2.66. The monoisotopic (exact) mass is 220 g/mol. The standard InChI is InChI=1S/C15H12N2/c1-2-5-12(6-3-1)11-13-8-9-14-15(17-13)7-4-10-16-14/h1-10H,11H2. The Labute approximate surface area is 100.0 Å². The molecule has 0 unspecified atom stereocenters. The molecule has 0 saturated carbocycles. The number of benzene rings is 1. The summed E-state index contributed by atoms with van der Waals surface area (Å²) in [6, 6.07) is 18.4. The van der Waals surface area contributed by atoms with Crippen molar-refractivity contribution < 1.29 is 0 Å². The highest BCUT2D eigenvalue weighted by Gasteiger charge is 1.99. The van der Waals surface area contributed by atoms with E-state index < -0.39 is 0 Å². The van der Waals surface area contributed by atoms with Crippen molar-refractivity contribution in [2.24, 2.45) is 0 Å². The molecule has 2 heteroatoms. The largest absolute Gasteiger partial charge is 0.255 e. The Hall–Kier alpha value is -2.22. The van der Waals surface area contributed by atoms with Crippen molar-refractivity contribution in [3.8, 4) is 0 Å². The molecule has 2 aromatic heterocycles. The Morgan fingerprint density at radius 2 is 1.65 bits per heavy atom. The normalized spacial score (nSPS) is 10.6. The third-order valence-corrected chi connectivity index (χ3v) is 2.74. The van der Waals surface area contributed by atoms with Crippen LogP contribution in [-0.4, -0.2) is 9.97 Å². The molecule has 0 bridgehead atoms. The van der Waals surface area contributed by atoms with E-state index in [4.69, 9.17) is 0 Å². The maximum Gasteiger partial charge on any atom is 0.0890 e. The maximum absolute atomic E-state index is 4.61. The highest BCUT2D eigenvalue weighted by atomic mass is 14.8. The van der Waals surface area contributed by atoms with E-state index in [0.29, 0.717) is 0 Å². The van der Waals surface area contributed by atoms with Gasteiger partial charge in [-0.05, 0) is 29.8 Å². The van der Waals surface area contributed by atoms with Crippen LogP contribution in [0.5, 0.6) is 0 Å². The molecule has 82 valence electrons. The second-order valence-electron chi connectivity index (χ2n) is 4.01. The molecule has 0 aliphatic carbocycles. The van der Waals surface area contributed by atoms with Crippen molar-refractivity contribution in [2.75, 3.05) is 0 Å². The molecule has 0 spiro atoms. The molecule has 0 aliphatic rings. The Kier molecular flexibility index (Phi) is 2.54. The third-order valence-electron chi connectivity index (χ3n) is 2.74. The van der Waals surface area contributed by atoms with Gasteiger partial charge in [0.05, 0.1) is 11.0 Å². The van der Waals surface area contributed by atoms with Crippen molar-refractivity contribution >= 4 is 11.0 Å². The van der Waals surface area contributed by atoms with Crippen LogP contribution < -0.4 is 0 Å². The Bertz CT molecular complexity index is 633. The number of hydrogen-bond acceptors (Lipinski definition) is 2. The number of nitrogens with zero attached hydrogens (tertiary/aromatic N) is 2. The van der Waals surface area contributed by atoms with E-state index in [0.717, 1.165) is 23.1 Å². The molecule has 1 aromatic carbocycles. The quantitative estimate of drug-likeness (QED) is 0.662. The molecule has 0 fully saturated rings. The summed E-state index contributed by atoms with van der Waals surface area (Å²) in [7, 11) is 0. The van der Waals surface area contributed by atoms with E-state index in [9.17, 15) is 0 Å². The Morgan fingerprint density at radius 3 is 2.53 bits per heavy atom. The summed E-state index contributed by atoms with van der Waals surface area (Å²) >= 11 is 0. The van der Waals surface area contributed by atoms with Gasteiger partial charge in [0.1, 0.15) is 0 Å². The summed E-state index contributed by atoms with van der Waals surface area (Å²) in [5.41, 5.74) is 4.27. The second-order valence-corrected chi connectivity index (χ2v) is 4.01. The van der Waals surface area contributed by atoms with Crippen molar-refractivity contribution in [1.29, 1.82) is 0 Å². The highest BCUT2D eigenvalue weighted by molar-refractivity contribution is 5.73. The zero-order chi connectivity index (χ0) is 11.5. The van der Waals surface area contributed by atoms with E-state index in [1.165, 1.54) is 5.56 Å². The number of fused-ring (bicyclic) bond motifs is 1. The van der Waals surface area contributed by atoms with Crippen LogP contribution in [0.25, 0.3) is 11.0 Å². The minimum absolute atomic E-state index is 0.867. The van der Waals surface area contributed by atoms with Crippen molar-refractivity contribution in [1.82, 2.24) is 9.97 Å². The fourth-order valence-electron chi connectivity index (χ4n) is 1.90. The van der Waals surface area contributed by atoms with Crippen LogP contribution in [0.2, 0.25) is 0 Å². The molecule has 2 nitrogen and oxygen atoms in total. The van der Waals surface area contributed by atoms with Crippen LogP contribution in [0.15, 0.2) is 60.8 Å². The fraction of sp³-hybridized carbons (Fsp3) is 0.0667. The average Bonchev–Trinajstić information content (AvgIpc) is 2.40. The van der Waals surface area contributed by atoms with Crippen LogP contribution >= 0.6 is 0 Å². The topological polar surface area (TPSA) is 25.8 Å². The highest BCUT2D eigenvalue weighted by Crippen LogP contribution is 2.12. The fourth-order valence-corrected chi connectivity index (χ4v) is 1.90. The van der Waals surface area contributed by atoms with E-state index in [1.807, 2.05) is 30.3 Å². The molecule has 0 N–H and O–H groups in total.